The van der Waals surface area contributed by atoms with Gasteiger partial charge in [0.1, 0.15) is 30.2 Å². The van der Waals surface area contributed by atoms with Gasteiger partial charge in [0.05, 0.1) is 25.6 Å². The van der Waals surface area contributed by atoms with Crippen LogP contribution < -0.4 is 5.73 Å². The van der Waals surface area contributed by atoms with Crippen molar-refractivity contribution < 1.29 is 28.5 Å². The highest BCUT2D eigenvalue weighted by Gasteiger charge is 2.45. The van der Waals surface area contributed by atoms with Gasteiger partial charge < -0.3 is 34.3 Å². The van der Waals surface area contributed by atoms with Gasteiger partial charge in [-0.3, -0.25) is 4.57 Å². The minimum Gasteiger partial charge on any atom is -0.387 e. The Bertz CT molecular complexity index is 1160. The maximum Gasteiger partial charge on any atom is 0.333 e. The third-order valence-electron chi connectivity index (χ3n) is 5.44. The van der Waals surface area contributed by atoms with Crippen LogP contribution in [0.2, 0.25) is 10.0 Å². The molecule has 2 aliphatic heterocycles. The second-order valence-electron chi connectivity index (χ2n) is 7.53. The van der Waals surface area contributed by atoms with Gasteiger partial charge in [-0.25, -0.2) is 15.0 Å². The van der Waals surface area contributed by atoms with E-state index in [2.05, 4.69) is 15.0 Å². The van der Waals surface area contributed by atoms with Crippen LogP contribution in [0.25, 0.3) is 11.2 Å². The maximum atomic E-state index is 10.6. The van der Waals surface area contributed by atoms with E-state index < -0.39 is 33.1 Å². The molecule has 2 fully saturated rings. The van der Waals surface area contributed by atoms with Crippen molar-refractivity contribution in [2.24, 2.45) is 0 Å². The largest absolute Gasteiger partial charge is 0.387 e. The van der Waals surface area contributed by atoms with Crippen LogP contribution in [0.5, 0.6) is 0 Å². The molecular weight excluding hydrogens is 496 g/mol. The summed E-state index contributed by atoms with van der Waals surface area (Å²) in [5.41, 5.74) is 7.33. The van der Waals surface area contributed by atoms with Crippen LogP contribution in [0.3, 0.4) is 0 Å². The molecule has 33 heavy (non-hydrogen) atoms. The number of hydrogen-bond donors (Lipinski definition) is 3. The molecule has 4 N–H and O–H groups in total. The second-order valence-corrected chi connectivity index (χ2v) is 9.55. The van der Waals surface area contributed by atoms with Crippen LogP contribution in [0.15, 0.2) is 30.9 Å². The van der Waals surface area contributed by atoms with E-state index in [-0.39, 0.29) is 18.5 Å². The number of aliphatic hydroxyl groups is 2. The highest BCUT2D eigenvalue weighted by atomic mass is 35.5. The fourth-order valence-electron chi connectivity index (χ4n) is 3.75. The predicted molar refractivity (Wildman–Crippen MR) is 119 cm³/mol. The quantitative estimate of drug-likeness (QED) is 0.433. The molecule has 14 heteroatoms. The Morgan fingerprint density at radius 2 is 2.06 bits per heavy atom. The molecule has 1 aromatic carbocycles. The Hall–Kier alpha value is -1.66. The van der Waals surface area contributed by atoms with Crippen LogP contribution in [-0.4, -0.2) is 61.3 Å². The fourth-order valence-corrected chi connectivity index (χ4v) is 5.32. The van der Waals surface area contributed by atoms with Crippen molar-refractivity contribution in [3.05, 3.63) is 46.5 Å². The summed E-state index contributed by atoms with van der Waals surface area (Å²) in [4.78, 5) is 12.2. The van der Waals surface area contributed by atoms with Crippen LogP contribution in [-0.2, 0) is 18.3 Å². The lowest BCUT2D eigenvalue weighted by Gasteiger charge is -2.29. The fraction of sp³-hybridized carbons (Fsp3) is 0.421. The van der Waals surface area contributed by atoms with E-state index in [9.17, 15) is 10.2 Å². The average molecular weight is 516 g/mol. The monoisotopic (exact) mass is 515 g/mol. The molecule has 5 rings (SSSR count). The van der Waals surface area contributed by atoms with Gasteiger partial charge in [0.15, 0.2) is 17.7 Å². The van der Waals surface area contributed by atoms with Gasteiger partial charge in [0.2, 0.25) is 0 Å². The van der Waals surface area contributed by atoms with E-state index in [4.69, 9.17) is 47.2 Å². The molecule has 2 saturated heterocycles. The molecule has 1 unspecified atom stereocenters. The number of ether oxygens (including phenoxy) is 1. The third-order valence-corrected chi connectivity index (χ3v) is 7.20. The van der Waals surface area contributed by atoms with Crippen molar-refractivity contribution in [2.45, 2.75) is 37.1 Å². The molecule has 0 amide bonds. The van der Waals surface area contributed by atoms with E-state index >= 15 is 0 Å². The maximum absolute atomic E-state index is 10.6. The molecule has 176 valence electrons. The smallest absolute Gasteiger partial charge is 0.333 e. The van der Waals surface area contributed by atoms with Crippen LogP contribution in [0.4, 0.5) is 5.82 Å². The van der Waals surface area contributed by atoms with E-state index in [1.807, 2.05) is 0 Å². The summed E-state index contributed by atoms with van der Waals surface area (Å²) in [5.74, 6) is 0.204. The zero-order valence-corrected chi connectivity index (χ0v) is 19.4. The van der Waals surface area contributed by atoms with Gasteiger partial charge in [-0.15, -0.1) is 0 Å². The number of halogens is 2. The minimum absolute atomic E-state index is 0.0693. The normalized spacial score (nSPS) is 30.2. The number of hydrogen-bond acceptors (Lipinski definition) is 10. The summed E-state index contributed by atoms with van der Waals surface area (Å²) in [6.45, 7) is 0.334. The number of anilines is 1. The van der Waals surface area contributed by atoms with Crippen LogP contribution in [0.1, 0.15) is 24.3 Å². The van der Waals surface area contributed by atoms with E-state index in [1.54, 1.807) is 18.2 Å². The summed E-state index contributed by atoms with van der Waals surface area (Å²) in [6.07, 6.45) is -1.28. The second kappa shape index (κ2) is 9.53. The Morgan fingerprint density at radius 3 is 2.91 bits per heavy atom. The summed E-state index contributed by atoms with van der Waals surface area (Å²) in [5, 5.41) is 22.2. The number of aromatic nitrogens is 4. The number of fused-ring (bicyclic) bond motifs is 1. The number of imidazole rings is 1. The molecule has 3 aromatic rings. The molecule has 0 radical (unpaired) electrons. The molecule has 2 aromatic heterocycles. The van der Waals surface area contributed by atoms with Gasteiger partial charge >= 0.3 is 8.60 Å². The van der Waals surface area contributed by atoms with Crippen molar-refractivity contribution in [1.29, 1.82) is 0 Å². The Labute approximate surface area is 199 Å². The van der Waals surface area contributed by atoms with Crippen LogP contribution in [0, 0.1) is 0 Å². The van der Waals surface area contributed by atoms with Gasteiger partial charge in [0, 0.05) is 22.0 Å². The lowest BCUT2D eigenvalue weighted by atomic mass is 10.1. The first-order chi connectivity index (χ1) is 15.9. The van der Waals surface area contributed by atoms with Gasteiger partial charge in [-0.05, 0) is 18.2 Å². The van der Waals surface area contributed by atoms with E-state index in [0.29, 0.717) is 34.2 Å². The number of rotatable bonds is 5. The number of benzene rings is 1. The number of nitrogens with two attached hydrogens (primary N) is 1. The summed E-state index contributed by atoms with van der Waals surface area (Å²) >= 11 is 12.4. The van der Waals surface area contributed by atoms with Crippen LogP contribution >= 0.6 is 31.8 Å². The first-order valence-corrected chi connectivity index (χ1v) is 11.9. The lowest BCUT2D eigenvalue weighted by molar-refractivity contribution is -0.0529. The lowest BCUT2D eigenvalue weighted by Crippen LogP contribution is -2.33. The van der Waals surface area contributed by atoms with Gasteiger partial charge in [-0.1, -0.05) is 23.2 Å². The van der Waals surface area contributed by atoms with Crippen molar-refractivity contribution in [2.75, 3.05) is 18.9 Å². The zero-order chi connectivity index (χ0) is 23.1. The molecule has 4 heterocycles. The minimum atomic E-state index is -1.73. The number of nitrogen functional groups attached to an aromatic ring is 1. The Kier molecular flexibility index (Phi) is 6.67. The molecule has 0 saturated carbocycles. The van der Waals surface area contributed by atoms with Crippen molar-refractivity contribution in [1.82, 2.24) is 19.5 Å². The molecule has 0 bridgehead atoms. The molecule has 2 aliphatic rings. The first-order valence-electron chi connectivity index (χ1n) is 10.0. The molecule has 0 spiro atoms. The summed E-state index contributed by atoms with van der Waals surface area (Å²) in [7, 11) is -1.73. The molecule has 6 atom stereocenters. The zero-order valence-electron chi connectivity index (χ0n) is 17.0. The Balaban J connectivity index is 1.24. The molecule has 0 aliphatic carbocycles. The SMILES string of the molecule is Nc1ncnc2c1ncn2[C@@H]1O[C@H](COP2OCC[C@@H](c3cc(Cl)ccc3Cl)O2)[C@@H](O)[C@H]1O. The van der Waals surface area contributed by atoms with Gasteiger partial charge in [-0.2, -0.15) is 0 Å². The molecule has 11 nitrogen and oxygen atoms in total. The summed E-state index contributed by atoms with van der Waals surface area (Å²) < 4.78 is 24.6. The third kappa shape index (κ3) is 4.53. The van der Waals surface area contributed by atoms with E-state index in [0.717, 1.165) is 5.56 Å². The Morgan fingerprint density at radius 1 is 1.21 bits per heavy atom. The topological polar surface area (TPSA) is 147 Å². The van der Waals surface area contributed by atoms with Crippen molar-refractivity contribution >= 4 is 48.8 Å². The number of nitrogens with zero attached hydrogens (tertiary/aromatic N) is 4. The predicted octanol–water partition coefficient (Wildman–Crippen LogP) is 2.76. The van der Waals surface area contributed by atoms with Gasteiger partial charge in [0.25, 0.3) is 0 Å². The van der Waals surface area contributed by atoms with Crippen molar-refractivity contribution in [3.8, 4) is 0 Å². The molecular formula is C19H20Cl2N5O6P. The first kappa shape index (κ1) is 23.1. The summed E-state index contributed by atoms with van der Waals surface area (Å²) in [6, 6.07) is 5.17. The average Bonchev–Trinajstić information content (AvgIpc) is 3.36. The standard InChI is InChI=1S/C19H20Cl2N5O6P/c20-9-1-2-11(21)10(5-9)12-3-4-29-33(32-12)30-6-13-15(27)16(28)19(31-13)26-8-25-14-17(22)23-7-24-18(14)26/h1-2,5,7-8,12-13,15-16,19,27-28H,3-4,6H2,(H2,22,23,24)/t12-,13+,15+,16+,19+,33?/m0/s1. The van der Waals surface area contributed by atoms with Crippen molar-refractivity contribution in [3.63, 3.8) is 0 Å². The highest BCUT2D eigenvalue weighted by molar-refractivity contribution is 7.41. The number of aliphatic hydroxyl groups excluding tert-OH is 2. The highest BCUT2D eigenvalue weighted by Crippen LogP contribution is 2.51. The van der Waals surface area contributed by atoms with E-state index in [1.165, 1.54) is 17.2 Å².